The van der Waals surface area contributed by atoms with Crippen LogP contribution in [-0.4, -0.2) is 21.1 Å². The van der Waals surface area contributed by atoms with Crippen molar-refractivity contribution in [2.45, 2.75) is 0 Å². The van der Waals surface area contributed by atoms with E-state index in [9.17, 15) is 0 Å². The molecule has 0 radical (unpaired) electrons. The highest BCUT2D eigenvalue weighted by Crippen LogP contribution is 2.50. The molecule has 39 heavy (non-hydrogen) atoms. The fourth-order valence-corrected chi connectivity index (χ4v) is 8.22. The Balaban J connectivity index is 1.24. The summed E-state index contributed by atoms with van der Waals surface area (Å²) in [6, 6.07) is 37.8. The molecule has 8 aromatic rings. The highest BCUT2D eigenvalue weighted by molar-refractivity contribution is 7.26. The van der Waals surface area contributed by atoms with Gasteiger partial charge in [0.1, 0.15) is 5.82 Å². The third-order valence-electron chi connectivity index (χ3n) is 8.56. The first-order valence-electron chi connectivity index (χ1n) is 13.3. The molecule has 0 unspecified atom stereocenters. The van der Waals surface area contributed by atoms with Crippen LogP contribution < -0.4 is 4.81 Å². The first-order valence-corrected chi connectivity index (χ1v) is 14.1. The third kappa shape index (κ3) is 2.39. The minimum atomic E-state index is -0.0216. The number of anilines is 2. The van der Waals surface area contributed by atoms with Crippen molar-refractivity contribution in [1.29, 1.82) is 0 Å². The van der Waals surface area contributed by atoms with Gasteiger partial charge in [0.25, 0.3) is 0 Å². The Morgan fingerprint density at radius 2 is 1.49 bits per heavy atom. The van der Waals surface area contributed by atoms with Crippen LogP contribution in [0.3, 0.4) is 0 Å². The van der Waals surface area contributed by atoms with E-state index in [1.54, 1.807) is 0 Å². The van der Waals surface area contributed by atoms with Gasteiger partial charge in [0, 0.05) is 60.1 Å². The number of aromatic nitrogens is 3. The monoisotopic (exact) mass is 514 g/mol. The van der Waals surface area contributed by atoms with Crippen molar-refractivity contribution in [2.24, 2.45) is 0 Å². The van der Waals surface area contributed by atoms with Crippen LogP contribution in [0.1, 0.15) is 0 Å². The molecule has 180 valence electrons. The van der Waals surface area contributed by atoms with E-state index in [2.05, 4.69) is 123 Å². The normalized spacial score (nSPS) is 13.5. The van der Waals surface area contributed by atoms with Gasteiger partial charge in [0.2, 0.25) is 0 Å². The van der Waals surface area contributed by atoms with Crippen LogP contribution >= 0.6 is 11.3 Å². The van der Waals surface area contributed by atoms with Gasteiger partial charge in [0.15, 0.2) is 0 Å². The Labute approximate surface area is 228 Å². The van der Waals surface area contributed by atoms with Crippen LogP contribution in [0.5, 0.6) is 0 Å². The molecule has 0 aliphatic carbocycles. The zero-order valence-corrected chi connectivity index (χ0v) is 21.6. The number of nitrogens with zero attached hydrogens (tertiary/aromatic N) is 4. The van der Waals surface area contributed by atoms with E-state index in [0.29, 0.717) is 0 Å². The lowest BCUT2D eigenvalue weighted by Gasteiger charge is -2.33. The van der Waals surface area contributed by atoms with E-state index in [0.717, 1.165) is 5.82 Å². The summed E-state index contributed by atoms with van der Waals surface area (Å²) in [5.41, 5.74) is 8.65. The molecule has 0 amide bonds. The van der Waals surface area contributed by atoms with Crippen LogP contribution in [-0.2, 0) is 0 Å². The van der Waals surface area contributed by atoms with Crippen molar-refractivity contribution in [3.63, 3.8) is 0 Å². The summed E-state index contributed by atoms with van der Waals surface area (Å²) in [5, 5.41) is 5.25. The highest BCUT2D eigenvalue weighted by atomic mass is 32.1. The van der Waals surface area contributed by atoms with Gasteiger partial charge in [-0.3, -0.25) is 0 Å². The summed E-state index contributed by atoms with van der Waals surface area (Å²) in [6.45, 7) is 0. The second-order valence-corrected chi connectivity index (χ2v) is 11.5. The predicted octanol–water partition coefficient (Wildman–Crippen LogP) is 8.54. The molecular formula is C33H19BN4S. The second kappa shape index (κ2) is 6.98. The van der Waals surface area contributed by atoms with Gasteiger partial charge in [-0.05, 0) is 41.5 Å². The van der Waals surface area contributed by atoms with E-state index >= 15 is 0 Å². The Morgan fingerprint density at radius 3 is 2.46 bits per heavy atom. The molecule has 0 spiro atoms. The average molecular weight is 514 g/mol. The Hall–Kier alpha value is -4.81. The van der Waals surface area contributed by atoms with Gasteiger partial charge in [-0.25, -0.2) is 4.98 Å². The summed E-state index contributed by atoms with van der Waals surface area (Å²) >= 11 is 1.88. The summed E-state index contributed by atoms with van der Waals surface area (Å²) in [5.74, 6) is 1.01. The molecule has 2 aliphatic rings. The van der Waals surface area contributed by atoms with E-state index in [1.165, 1.54) is 70.0 Å². The number of hydrogen-bond donors (Lipinski definition) is 0. The summed E-state index contributed by atoms with van der Waals surface area (Å²) in [6.07, 6.45) is 4.07. The number of hydrogen-bond acceptors (Lipinski definition) is 3. The van der Waals surface area contributed by atoms with Gasteiger partial charge in [0.05, 0.1) is 11.2 Å². The molecule has 0 bridgehead atoms. The lowest BCUT2D eigenvalue weighted by molar-refractivity contribution is 1.06. The SMILES string of the molecule is c1ccc2c(c1)sc1c(-c3ccc4c(c3)-c3nccn3B3N4c4cccc5c6ccccc6n3c45)cccc12. The van der Waals surface area contributed by atoms with Gasteiger partial charge in [-0.2, -0.15) is 0 Å². The number of thiophene rings is 1. The fraction of sp³-hybridized carbons (Fsp3) is 0. The van der Waals surface area contributed by atoms with Gasteiger partial charge >= 0.3 is 7.12 Å². The molecule has 0 saturated carbocycles. The summed E-state index contributed by atoms with van der Waals surface area (Å²) in [4.78, 5) is 7.40. The molecule has 10 rings (SSSR count). The van der Waals surface area contributed by atoms with Crippen LogP contribution in [0.4, 0.5) is 11.4 Å². The first kappa shape index (κ1) is 20.2. The van der Waals surface area contributed by atoms with E-state index in [-0.39, 0.29) is 7.12 Å². The standard InChI is InChI=1S/C33H19BN4S/c1-3-12-27-22(7-1)24-10-6-13-29-31(24)38(27)34-36-18-17-35-33(36)26-19-20(15-16-28(26)37(29)34)21-9-5-11-25-23-8-2-4-14-30(23)39-32(21)25/h1-19H. The predicted molar refractivity (Wildman–Crippen MR) is 164 cm³/mol. The molecule has 0 fully saturated rings. The average Bonchev–Trinajstić information content (AvgIpc) is 3.76. The van der Waals surface area contributed by atoms with Crippen LogP contribution in [0.25, 0.3) is 64.5 Å². The first-order chi connectivity index (χ1) is 19.4. The van der Waals surface area contributed by atoms with Gasteiger partial charge < -0.3 is 13.8 Å². The zero-order valence-electron chi connectivity index (χ0n) is 20.7. The minimum absolute atomic E-state index is 0.0216. The van der Waals surface area contributed by atoms with Crippen molar-refractivity contribution in [3.05, 3.63) is 116 Å². The number of fused-ring (bicyclic) bond motifs is 14. The number of imidazole rings is 1. The fourth-order valence-electron chi connectivity index (χ4n) is 6.99. The van der Waals surface area contributed by atoms with Crippen LogP contribution in [0, 0.1) is 0 Å². The molecule has 0 N–H and O–H groups in total. The Kier molecular flexibility index (Phi) is 3.62. The highest BCUT2D eigenvalue weighted by Gasteiger charge is 2.46. The molecule has 0 saturated heterocycles. The largest absolute Gasteiger partial charge is 0.519 e. The van der Waals surface area contributed by atoms with Crippen molar-refractivity contribution < 1.29 is 0 Å². The Morgan fingerprint density at radius 1 is 0.667 bits per heavy atom. The van der Waals surface area contributed by atoms with E-state index < -0.39 is 0 Å². The minimum Gasteiger partial charge on any atom is -0.343 e. The zero-order chi connectivity index (χ0) is 25.2. The molecule has 5 heterocycles. The van der Waals surface area contributed by atoms with Crippen molar-refractivity contribution in [3.8, 4) is 22.5 Å². The molecule has 3 aromatic heterocycles. The quantitative estimate of drug-likeness (QED) is 0.205. The maximum Gasteiger partial charge on any atom is 0.519 e. The third-order valence-corrected chi connectivity index (χ3v) is 9.78. The summed E-state index contributed by atoms with van der Waals surface area (Å²) < 4.78 is 7.48. The molecular weight excluding hydrogens is 495 g/mol. The van der Waals surface area contributed by atoms with E-state index in [1.807, 2.05) is 17.5 Å². The maximum atomic E-state index is 4.91. The number of rotatable bonds is 1. The topological polar surface area (TPSA) is 26.0 Å². The Bertz CT molecular complexity index is 2320. The van der Waals surface area contributed by atoms with Crippen LogP contribution in [0.15, 0.2) is 116 Å². The summed E-state index contributed by atoms with van der Waals surface area (Å²) in [7, 11) is -0.0216. The number of benzene rings is 5. The smallest absolute Gasteiger partial charge is 0.343 e. The van der Waals surface area contributed by atoms with Crippen molar-refractivity contribution in [2.75, 3.05) is 4.81 Å². The molecule has 0 atom stereocenters. The lowest BCUT2D eigenvalue weighted by atomic mass is 9.83. The second-order valence-electron chi connectivity index (χ2n) is 10.4. The van der Waals surface area contributed by atoms with Gasteiger partial charge in [-0.1, -0.05) is 72.8 Å². The van der Waals surface area contributed by atoms with Crippen LogP contribution in [0.2, 0.25) is 0 Å². The number of para-hydroxylation sites is 2. The van der Waals surface area contributed by atoms with E-state index in [4.69, 9.17) is 4.98 Å². The van der Waals surface area contributed by atoms with Crippen molar-refractivity contribution >= 4 is 71.8 Å². The molecule has 4 nitrogen and oxygen atoms in total. The molecule has 2 aliphatic heterocycles. The maximum absolute atomic E-state index is 4.91. The van der Waals surface area contributed by atoms with Crippen molar-refractivity contribution in [1.82, 2.24) is 13.9 Å². The molecule has 5 aromatic carbocycles. The van der Waals surface area contributed by atoms with Gasteiger partial charge in [-0.15, -0.1) is 11.3 Å². The lowest BCUT2D eigenvalue weighted by Crippen LogP contribution is -2.47. The molecule has 6 heteroatoms.